The van der Waals surface area contributed by atoms with E-state index in [9.17, 15) is 18.0 Å². The molecule has 3 nitrogen and oxygen atoms in total. The highest BCUT2D eigenvalue weighted by atomic mass is 19.4. The fraction of sp³-hybridized carbons (Fsp3) is 0.118. The summed E-state index contributed by atoms with van der Waals surface area (Å²) in [4.78, 5) is 12.0. The molecule has 0 saturated carbocycles. The Kier molecular flexibility index (Phi) is 3.82. The molecule has 0 fully saturated rings. The van der Waals surface area contributed by atoms with Crippen LogP contribution in [0.15, 0.2) is 59.0 Å². The van der Waals surface area contributed by atoms with E-state index in [1.165, 1.54) is 12.1 Å². The Bertz CT molecular complexity index is 838. The first-order valence-electron chi connectivity index (χ1n) is 6.86. The summed E-state index contributed by atoms with van der Waals surface area (Å²) >= 11 is 0. The van der Waals surface area contributed by atoms with Gasteiger partial charge in [0.05, 0.1) is 5.56 Å². The monoisotopic (exact) mass is 319 g/mol. The number of fused-ring (bicyclic) bond motifs is 1. The Morgan fingerprint density at radius 2 is 1.78 bits per heavy atom. The lowest BCUT2D eigenvalue weighted by Gasteiger charge is -2.04. The highest BCUT2D eigenvalue weighted by molar-refractivity contribution is 5.96. The molecule has 0 unspecified atom stereocenters. The fourth-order valence-corrected chi connectivity index (χ4v) is 2.20. The number of benzene rings is 2. The molecule has 0 spiro atoms. The van der Waals surface area contributed by atoms with Crippen molar-refractivity contribution in [3.63, 3.8) is 0 Å². The Balaban J connectivity index is 1.78. The van der Waals surface area contributed by atoms with Crippen LogP contribution >= 0.6 is 0 Å². The minimum absolute atomic E-state index is 0.0183. The van der Waals surface area contributed by atoms with E-state index in [2.05, 4.69) is 5.32 Å². The molecule has 1 heterocycles. The van der Waals surface area contributed by atoms with Crippen molar-refractivity contribution in [2.24, 2.45) is 0 Å². The lowest BCUT2D eigenvalue weighted by atomic mass is 10.1. The van der Waals surface area contributed by atoms with Gasteiger partial charge < -0.3 is 9.73 Å². The summed E-state index contributed by atoms with van der Waals surface area (Å²) in [6.45, 7) is 0.310. The first kappa shape index (κ1) is 15.1. The highest BCUT2D eigenvalue weighted by Gasteiger charge is 2.30. The second kappa shape index (κ2) is 5.79. The van der Waals surface area contributed by atoms with Crippen molar-refractivity contribution < 1.29 is 22.4 Å². The highest BCUT2D eigenvalue weighted by Crippen LogP contribution is 2.32. The lowest BCUT2D eigenvalue weighted by molar-refractivity contribution is -0.137. The molecule has 6 heteroatoms. The number of hydrogen-bond donors (Lipinski definition) is 1. The molecule has 1 N–H and O–H groups in total. The topological polar surface area (TPSA) is 42.2 Å². The van der Waals surface area contributed by atoms with Crippen LogP contribution in [0.2, 0.25) is 0 Å². The van der Waals surface area contributed by atoms with Gasteiger partial charge in [0.25, 0.3) is 5.91 Å². The van der Waals surface area contributed by atoms with Crippen molar-refractivity contribution in [1.29, 1.82) is 0 Å². The average molecular weight is 319 g/mol. The summed E-state index contributed by atoms with van der Waals surface area (Å²) in [6.07, 6.45) is -4.43. The maximum atomic E-state index is 12.7. The summed E-state index contributed by atoms with van der Waals surface area (Å²) in [5, 5.41) is 2.91. The molecule has 0 atom stereocenters. The maximum absolute atomic E-state index is 12.7. The van der Waals surface area contributed by atoms with E-state index in [1.54, 1.807) is 0 Å². The normalized spacial score (nSPS) is 11.6. The predicted molar refractivity (Wildman–Crippen MR) is 78.8 cm³/mol. The van der Waals surface area contributed by atoms with Crippen molar-refractivity contribution in [2.45, 2.75) is 12.7 Å². The third kappa shape index (κ3) is 3.36. The van der Waals surface area contributed by atoms with E-state index in [1.807, 2.05) is 30.3 Å². The van der Waals surface area contributed by atoms with Gasteiger partial charge in [0.2, 0.25) is 0 Å². The van der Waals surface area contributed by atoms with Crippen LogP contribution in [0, 0.1) is 0 Å². The molecular weight excluding hydrogens is 307 g/mol. The summed E-state index contributed by atoms with van der Waals surface area (Å²) < 4.78 is 43.3. The largest absolute Gasteiger partial charge is 0.451 e. The van der Waals surface area contributed by atoms with Crippen LogP contribution in [0.5, 0.6) is 0 Å². The van der Waals surface area contributed by atoms with Gasteiger partial charge in [0.15, 0.2) is 5.76 Å². The number of carbonyl (C=O) groups is 1. The van der Waals surface area contributed by atoms with Gasteiger partial charge in [-0.1, -0.05) is 30.3 Å². The van der Waals surface area contributed by atoms with Crippen LogP contribution in [0.4, 0.5) is 13.2 Å². The predicted octanol–water partition coefficient (Wildman–Crippen LogP) is 4.38. The van der Waals surface area contributed by atoms with Gasteiger partial charge >= 0.3 is 6.18 Å². The van der Waals surface area contributed by atoms with Gasteiger partial charge in [-0.3, -0.25) is 4.79 Å². The van der Waals surface area contributed by atoms with Gasteiger partial charge in [0.1, 0.15) is 5.58 Å². The van der Waals surface area contributed by atoms with Crippen molar-refractivity contribution >= 4 is 16.9 Å². The van der Waals surface area contributed by atoms with Gasteiger partial charge in [-0.25, -0.2) is 0 Å². The number of carbonyl (C=O) groups excluding carboxylic acids is 1. The number of amides is 1. The van der Waals surface area contributed by atoms with Crippen molar-refractivity contribution in [1.82, 2.24) is 5.32 Å². The van der Waals surface area contributed by atoms with Crippen LogP contribution in [0.3, 0.4) is 0 Å². The van der Waals surface area contributed by atoms with Gasteiger partial charge in [-0.2, -0.15) is 13.2 Å². The SMILES string of the molecule is O=C(NCc1ccccc1)c1cc2cc(C(F)(F)F)ccc2o1. The molecule has 1 amide bonds. The van der Waals surface area contributed by atoms with Gasteiger partial charge in [-0.15, -0.1) is 0 Å². The number of hydrogen-bond acceptors (Lipinski definition) is 2. The van der Waals surface area contributed by atoms with Crippen LogP contribution in [-0.2, 0) is 12.7 Å². The maximum Gasteiger partial charge on any atom is 0.416 e. The zero-order valence-corrected chi connectivity index (χ0v) is 11.9. The van der Waals surface area contributed by atoms with E-state index >= 15 is 0 Å². The summed E-state index contributed by atoms with van der Waals surface area (Å²) in [7, 11) is 0. The summed E-state index contributed by atoms with van der Waals surface area (Å²) in [6, 6.07) is 13.7. The van der Waals surface area contributed by atoms with Crippen LogP contribution in [0.25, 0.3) is 11.0 Å². The molecule has 3 rings (SSSR count). The summed E-state index contributed by atoms with van der Waals surface area (Å²) in [5.74, 6) is -0.492. The minimum Gasteiger partial charge on any atom is -0.451 e. The average Bonchev–Trinajstić information content (AvgIpc) is 2.96. The van der Waals surface area contributed by atoms with Crippen LogP contribution in [0.1, 0.15) is 21.7 Å². The number of nitrogens with one attached hydrogen (secondary N) is 1. The molecule has 118 valence electrons. The Morgan fingerprint density at radius 1 is 1.04 bits per heavy atom. The third-order valence-electron chi connectivity index (χ3n) is 3.36. The molecule has 3 aromatic rings. The fourth-order valence-electron chi connectivity index (χ4n) is 2.20. The van der Waals surface area contributed by atoms with Crippen molar-refractivity contribution in [2.75, 3.05) is 0 Å². The lowest BCUT2D eigenvalue weighted by Crippen LogP contribution is -2.22. The zero-order chi connectivity index (χ0) is 16.4. The third-order valence-corrected chi connectivity index (χ3v) is 3.36. The van der Waals surface area contributed by atoms with E-state index in [4.69, 9.17) is 4.42 Å². The number of rotatable bonds is 3. The molecule has 23 heavy (non-hydrogen) atoms. The Hall–Kier alpha value is -2.76. The molecule has 1 aromatic heterocycles. The number of alkyl halides is 3. The molecule has 0 aliphatic rings. The van der Waals surface area contributed by atoms with E-state index < -0.39 is 17.6 Å². The quantitative estimate of drug-likeness (QED) is 0.778. The molecule has 0 bridgehead atoms. The Morgan fingerprint density at radius 3 is 2.48 bits per heavy atom. The number of furan rings is 1. The smallest absolute Gasteiger partial charge is 0.416 e. The second-order valence-electron chi connectivity index (χ2n) is 5.03. The first-order valence-corrected chi connectivity index (χ1v) is 6.86. The van der Waals surface area contributed by atoms with Crippen molar-refractivity contribution in [3.8, 4) is 0 Å². The van der Waals surface area contributed by atoms with Gasteiger partial charge in [-0.05, 0) is 29.8 Å². The van der Waals surface area contributed by atoms with E-state index in [0.29, 0.717) is 6.54 Å². The molecule has 0 radical (unpaired) electrons. The number of halogens is 3. The van der Waals surface area contributed by atoms with Gasteiger partial charge in [0, 0.05) is 11.9 Å². The molecule has 0 aliphatic heterocycles. The standard InChI is InChI=1S/C17H12F3NO2/c18-17(19,20)13-6-7-14-12(8-13)9-15(23-14)16(22)21-10-11-4-2-1-3-5-11/h1-9H,10H2,(H,21,22). The zero-order valence-electron chi connectivity index (χ0n) is 11.9. The Labute approximate surface area is 129 Å². The van der Waals surface area contributed by atoms with Crippen LogP contribution < -0.4 is 5.32 Å². The van der Waals surface area contributed by atoms with Crippen LogP contribution in [-0.4, -0.2) is 5.91 Å². The van der Waals surface area contributed by atoms with Crippen molar-refractivity contribution in [3.05, 3.63) is 71.5 Å². The molecule has 2 aromatic carbocycles. The summed E-state index contributed by atoms with van der Waals surface area (Å²) in [5.41, 5.74) is 0.376. The molecular formula is C17H12F3NO2. The molecule has 0 aliphatic carbocycles. The molecule has 0 saturated heterocycles. The van der Waals surface area contributed by atoms with E-state index in [0.717, 1.165) is 17.7 Å². The minimum atomic E-state index is -4.43. The second-order valence-corrected chi connectivity index (χ2v) is 5.03. The first-order chi connectivity index (χ1) is 10.9. The van der Waals surface area contributed by atoms with E-state index in [-0.39, 0.29) is 16.7 Å².